The second-order valence-electron chi connectivity index (χ2n) is 7.38. The molecule has 3 aromatic carbocycles. The Labute approximate surface area is 191 Å². The summed E-state index contributed by atoms with van der Waals surface area (Å²) < 4.78 is 60.3. The highest BCUT2D eigenvalue weighted by molar-refractivity contribution is 7.92. The third-order valence-corrected chi connectivity index (χ3v) is 7.18. The molecule has 1 N–H and O–H groups in total. The molecule has 0 bridgehead atoms. The van der Waals surface area contributed by atoms with Crippen LogP contribution in [0.15, 0.2) is 59.5 Å². The third kappa shape index (κ3) is 4.98. The van der Waals surface area contributed by atoms with E-state index in [0.29, 0.717) is 22.6 Å². The van der Waals surface area contributed by atoms with E-state index < -0.39 is 27.6 Å². The number of halogens is 2. The number of carboxylic acids is 1. The van der Waals surface area contributed by atoms with Gasteiger partial charge in [0.1, 0.15) is 12.4 Å². The van der Waals surface area contributed by atoms with Gasteiger partial charge in [-0.1, -0.05) is 12.1 Å². The predicted octanol–water partition coefficient (Wildman–Crippen LogP) is 5.07. The Morgan fingerprint density at radius 2 is 1.73 bits per heavy atom. The molecule has 0 saturated heterocycles. The normalized spacial score (nSPS) is 11.3. The molecule has 0 aliphatic carbocycles. The van der Waals surface area contributed by atoms with Crippen molar-refractivity contribution in [1.82, 2.24) is 0 Å². The zero-order valence-corrected chi connectivity index (χ0v) is 19.1. The van der Waals surface area contributed by atoms with Gasteiger partial charge in [0.05, 0.1) is 16.1 Å². The number of carboxylic acid groups (broad SMARTS) is 1. The van der Waals surface area contributed by atoms with E-state index in [9.17, 15) is 27.1 Å². The summed E-state index contributed by atoms with van der Waals surface area (Å²) in [6.07, 6.45) is 0. The lowest BCUT2D eigenvalue weighted by molar-refractivity contribution is 0.0695. The fourth-order valence-electron chi connectivity index (χ4n) is 3.35. The summed E-state index contributed by atoms with van der Waals surface area (Å²) in [7, 11) is -4.04. The molecule has 3 aromatic rings. The van der Waals surface area contributed by atoms with Gasteiger partial charge in [-0.3, -0.25) is 4.31 Å². The number of sulfonamides is 1. The first-order valence-electron chi connectivity index (χ1n) is 10.1. The molecular weight excluding hydrogens is 452 g/mol. The Morgan fingerprint density at radius 3 is 2.33 bits per heavy atom. The summed E-state index contributed by atoms with van der Waals surface area (Å²) in [6, 6.07) is 12.5. The van der Waals surface area contributed by atoms with E-state index in [-0.39, 0.29) is 29.2 Å². The highest BCUT2D eigenvalue weighted by Crippen LogP contribution is 2.28. The van der Waals surface area contributed by atoms with Gasteiger partial charge in [0, 0.05) is 12.1 Å². The van der Waals surface area contributed by atoms with Crippen molar-refractivity contribution in [2.45, 2.75) is 32.3 Å². The van der Waals surface area contributed by atoms with Crippen molar-refractivity contribution in [1.29, 1.82) is 0 Å². The molecule has 3 rings (SSSR count). The van der Waals surface area contributed by atoms with Crippen molar-refractivity contribution < 1.29 is 31.8 Å². The van der Waals surface area contributed by atoms with E-state index in [4.69, 9.17) is 4.74 Å². The molecule has 0 aliphatic rings. The topological polar surface area (TPSA) is 83.9 Å². The van der Waals surface area contributed by atoms with Crippen molar-refractivity contribution in [2.24, 2.45) is 0 Å². The minimum atomic E-state index is -4.04. The first-order chi connectivity index (χ1) is 15.6. The maximum absolute atomic E-state index is 13.8. The van der Waals surface area contributed by atoms with Crippen LogP contribution in [0.2, 0.25) is 0 Å². The predicted molar refractivity (Wildman–Crippen MR) is 120 cm³/mol. The summed E-state index contributed by atoms with van der Waals surface area (Å²) >= 11 is 0. The number of aryl methyl sites for hydroxylation is 1. The molecule has 0 aromatic heterocycles. The van der Waals surface area contributed by atoms with E-state index in [2.05, 4.69) is 0 Å². The lowest BCUT2D eigenvalue weighted by Gasteiger charge is -2.24. The maximum Gasteiger partial charge on any atom is 0.336 e. The quantitative estimate of drug-likeness (QED) is 0.492. The fraction of sp³-hybridized carbons (Fsp3) is 0.208. The Kier molecular flexibility index (Phi) is 7.02. The number of carbonyl (C=O) groups is 1. The molecule has 0 amide bonds. The van der Waals surface area contributed by atoms with Gasteiger partial charge in [0.2, 0.25) is 0 Å². The van der Waals surface area contributed by atoms with Gasteiger partial charge in [0.25, 0.3) is 10.0 Å². The Morgan fingerprint density at radius 1 is 1.06 bits per heavy atom. The molecule has 33 heavy (non-hydrogen) atoms. The minimum Gasteiger partial charge on any atom is -0.489 e. The van der Waals surface area contributed by atoms with Crippen LogP contribution in [0.1, 0.15) is 34.0 Å². The molecular formula is C24H23F2NO5S. The van der Waals surface area contributed by atoms with E-state index in [1.807, 2.05) is 0 Å². The summed E-state index contributed by atoms with van der Waals surface area (Å²) in [4.78, 5) is 11.4. The summed E-state index contributed by atoms with van der Waals surface area (Å²) in [5, 5.41) is 9.42. The monoisotopic (exact) mass is 475 g/mol. The molecule has 0 fully saturated rings. The van der Waals surface area contributed by atoms with Crippen LogP contribution in [0, 0.1) is 25.5 Å². The molecule has 0 spiro atoms. The second kappa shape index (κ2) is 9.58. The largest absolute Gasteiger partial charge is 0.489 e. The van der Waals surface area contributed by atoms with Crippen LogP contribution in [0.25, 0.3) is 0 Å². The Bertz CT molecular complexity index is 1290. The standard InChI is InChI=1S/C24H23F2NO5S/c1-4-27(33(30,31)20-12-15(2)16(3)21(13-20)24(28)29)18-8-10-19(11-9-18)32-14-17-6-5-7-22(25)23(17)26/h5-13H,4,14H2,1-3H3,(H,28,29). The van der Waals surface area contributed by atoms with Crippen molar-refractivity contribution in [2.75, 3.05) is 10.8 Å². The number of aromatic carboxylic acids is 1. The number of benzene rings is 3. The zero-order chi connectivity index (χ0) is 24.3. The number of rotatable bonds is 8. The smallest absolute Gasteiger partial charge is 0.336 e. The zero-order valence-electron chi connectivity index (χ0n) is 18.3. The van der Waals surface area contributed by atoms with E-state index in [1.165, 1.54) is 42.5 Å². The fourth-order valence-corrected chi connectivity index (χ4v) is 4.93. The summed E-state index contributed by atoms with van der Waals surface area (Å²) in [5.41, 5.74) is 1.38. The average Bonchev–Trinajstić information content (AvgIpc) is 2.77. The number of hydrogen-bond acceptors (Lipinski definition) is 4. The second-order valence-corrected chi connectivity index (χ2v) is 9.25. The van der Waals surface area contributed by atoms with Crippen LogP contribution in [0.3, 0.4) is 0 Å². The summed E-state index contributed by atoms with van der Waals surface area (Å²) in [5.74, 6) is -2.80. The van der Waals surface area contributed by atoms with E-state index in [0.717, 1.165) is 16.4 Å². The molecule has 0 atom stereocenters. The number of nitrogens with zero attached hydrogens (tertiary/aromatic N) is 1. The SMILES string of the molecule is CCN(c1ccc(OCc2cccc(F)c2F)cc1)S(=O)(=O)c1cc(C)c(C)c(C(=O)O)c1. The van der Waals surface area contributed by atoms with Gasteiger partial charge in [-0.15, -0.1) is 0 Å². The van der Waals surface area contributed by atoms with Crippen LogP contribution >= 0.6 is 0 Å². The molecule has 0 radical (unpaired) electrons. The van der Waals surface area contributed by atoms with Crippen LogP contribution in [-0.2, 0) is 16.6 Å². The van der Waals surface area contributed by atoms with E-state index >= 15 is 0 Å². The van der Waals surface area contributed by atoms with Crippen molar-refractivity contribution in [3.63, 3.8) is 0 Å². The van der Waals surface area contributed by atoms with Gasteiger partial charge < -0.3 is 9.84 Å². The van der Waals surface area contributed by atoms with Crippen LogP contribution in [0.5, 0.6) is 5.75 Å². The minimum absolute atomic E-state index is 0.0563. The molecule has 0 heterocycles. The Hall–Kier alpha value is -3.46. The van der Waals surface area contributed by atoms with Crippen LogP contribution in [0.4, 0.5) is 14.5 Å². The van der Waals surface area contributed by atoms with Crippen LogP contribution < -0.4 is 9.04 Å². The van der Waals surface area contributed by atoms with Gasteiger partial charge in [-0.25, -0.2) is 22.0 Å². The highest BCUT2D eigenvalue weighted by atomic mass is 32.2. The lowest BCUT2D eigenvalue weighted by atomic mass is 10.0. The first-order valence-corrected chi connectivity index (χ1v) is 11.5. The molecule has 6 nitrogen and oxygen atoms in total. The van der Waals surface area contributed by atoms with Gasteiger partial charge >= 0.3 is 5.97 Å². The Balaban J connectivity index is 1.86. The highest BCUT2D eigenvalue weighted by Gasteiger charge is 2.26. The number of hydrogen-bond donors (Lipinski definition) is 1. The van der Waals surface area contributed by atoms with Gasteiger partial charge in [-0.2, -0.15) is 0 Å². The van der Waals surface area contributed by atoms with Crippen molar-refractivity contribution in [3.05, 3.63) is 88.5 Å². The molecule has 9 heteroatoms. The summed E-state index contributed by atoms with van der Waals surface area (Å²) in [6.45, 7) is 4.85. The van der Waals surface area contributed by atoms with E-state index in [1.54, 1.807) is 20.8 Å². The molecule has 0 saturated carbocycles. The third-order valence-electron chi connectivity index (χ3n) is 5.30. The van der Waals surface area contributed by atoms with Gasteiger partial charge in [0.15, 0.2) is 11.6 Å². The number of anilines is 1. The average molecular weight is 476 g/mol. The molecule has 0 unspecified atom stereocenters. The van der Waals surface area contributed by atoms with Gasteiger partial charge in [-0.05, 0) is 74.4 Å². The van der Waals surface area contributed by atoms with Crippen molar-refractivity contribution in [3.8, 4) is 5.75 Å². The lowest BCUT2D eigenvalue weighted by Crippen LogP contribution is -2.31. The molecule has 0 aliphatic heterocycles. The van der Waals surface area contributed by atoms with Crippen molar-refractivity contribution >= 4 is 21.7 Å². The maximum atomic E-state index is 13.8. The first kappa shape index (κ1) is 24.2. The molecule has 174 valence electrons. The van der Waals surface area contributed by atoms with Crippen LogP contribution in [-0.4, -0.2) is 26.0 Å². The number of ether oxygens (including phenoxy) is 1.